The Balaban J connectivity index is 1.50. The maximum atomic E-state index is 6.42. The molecule has 0 aliphatic heterocycles. The lowest BCUT2D eigenvalue weighted by atomic mass is 10.0. The molecule has 0 atom stereocenters. The first kappa shape index (κ1) is 23.5. The summed E-state index contributed by atoms with van der Waals surface area (Å²) in [6, 6.07) is 15.9. The van der Waals surface area contributed by atoms with E-state index in [0.29, 0.717) is 41.6 Å². The lowest BCUT2D eigenvalue weighted by molar-refractivity contribution is 0.189. The second kappa shape index (κ2) is 11.0. The summed E-state index contributed by atoms with van der Waals surface area (Å²) < 4.78 is 12.8. The molecule has 0 spiro atoms. The molecule has 0 saturated carbocycles. The number of ether oxygens (including phenoxy) is 1. The molecule has 2 aromatic heterocycles. The van der Waals surface area contributed by atoms with Gasteiger partial charge in [-0.15, -0.1) is 10.2 Å². The van der Waals surface area contributed by atoms with Crippen LogP contribution >= 0.6 is 23.4 Å². The predicted octanol–water partition coefficient (Wildman–Crippen LogP) is 6.10. The van der Waals surface area contributed by atoms with Crippen LogP contribution in [-0.4, -0.2) is 38.6 Å². The third-order valence-corrected chi connectivity index (χ3v) is 6.47. The Morgan fingerprint density at radius 1 is 1.09 bits per heavy atom. The van der Waals surface area contributed by atoms with Crippen molar-refractivity contribution in [3.63, 3.8) is 0 Å². The fourth-order valence-electron chi connectivity index (χ4n) is 3.38. The Kier molecular flexibility index (Phi) is 7.80. The highest BCUT2D eigenvalue weighted by molar-refractivity contribution is 7.98. The Morgan fingerprint density at radius 3 is 2.61 bits per heavy atom. The number of rotatable bonds is 10. The zero-order chi connectivity index (χ0) is 23.2. The first-order chi connectivity index (χ1) is 16.1. The summed E-state index contributed by atoms with van der Waals surface area (Å²) in [4.78, 5) is 4.56. The number of halogens is 1. The molecular weight excluding hydrogens is 458 g/mol. The van der Waals surface area contributed by atoms with Crippen molar-refractivity contribution in [1.82, 2.24) is 24.9 Å². The minimum atomic E-state index is 0.480. The van der Waals surface area contributed by atoms with E-state index in [4.69, 9.17) is 20.9 Å². The normalized spacial score (nSPS) is 11.4. The first-order valence-electron chi connectivity index (χ1n) is 10.8. The average molecular weight is 484 g/mol. The van der Waals surface area contributed by atoms with Crippen LogP contribution in [0.4, 0.5) is 0 Å². The lowest BCUT2D eigenvalue weighted by Gasteiger charge is -2.10. The maximum absolute atomic E-state index is 6.42. The molecule has 0 bridgehead atoms. The number of thioether (sulfide) groups is 1. The van der Waals surface area contributed by atoms with Gasteiger partial charge in [-0.05, 0) is 30.0 Å². The van der Waals surface area contributed by atoms with Gasteiger partial charge in [0.25, 0.3) is 0 Å². The molecule has 0 unspecified atom stereocenters. The number of aromatic nitrogens is 5. The van der Waals surface area contributed by atoms with Gasteiger partial charge in [-0.25, -0.2) is 0 Å². The molecule has 0 fully saturated rings. The van der Waals surface area contributed by atoms with Crippen LogP contribution in [-0.2, 0) is 17.0 Å². The molecule has 0 radical (unpaired) electrons. The van der Waals surface area contributed by atoms with E-state index in [1.54, 1.807) is 7.11 Å². The molecule has 2 aromatic carbocycles. The number of hydrogen-bond acceptors (Lipinski definition) is 7. The predicted molar refractivity (Wildman–Crippen MR) is 130 cm³/mol. The van der Waals surface area contributed by atoms with Crippen molar-refractivity contribution in [3.05, 3.63) is 65.0 Å². The van der Waals surface area contributed by atoms with E-state index in [1.807, 2.05) is 36.4 Å². The maximum Gasteiger partial charge on any atom is 0.237 e. The van der Waals surface area contributed by atoms with Gasteiger partial charge >= 0.3 is 0 Å². The summed E-state index contributed by atoms with van der Waals surface area (Å²) in [5.41, 5.74) is 3.06. The zero-order valence-electron chi connectivity index (χ0n) is 18.9. The summed E-state index contributed by atoms with van der Waals surface area (Å²) in [6.45, 7) is 5.70. The largest absolute Gasteiger partial charge is 0.385 e. The van der Waals surface area contributed by atoms with Crippen molar-refractivity contribution >= 4 is 23.4 Å². The van der Waals surface area contributed by atoms with E-state index in [0.717, 1.165) is 28.5 Å². The van der Waals surface area contributed by atoms with Gasteiger partial charge < -0.3 is 13.8 Å². The van der Waals surface area contributed by atoms with Crippen molar-refractivity contribution in [2.45, 2.75) is 43.6 Å². The molecule has 0 amide bonds. The molecule has 0 saturated heterocycles. The molecule has 7 nitrogen and oxygen atoms in total. The van der Waals surface area contributed by atoms with E-state index in [9.17, 15) is 0 Å². The summed E-state index contributed by atoms with van der Waals surface area (Å²) in [5, 5.41) is 14.4. The van der Waals surface area contributed by atoms with Gasteiger partial charge in [-0.3, -0.25) is 0 Å². The number of nitrogens with zero attached hydrogens (tertiary/aromatic N) is 5. The number of benzene rings is 2. The third kappa shape index (κ3) is 5.63. The van der Waals surface area contributed by atoms with Gasteiger partial charge in [0.15, 0.2) is 11.0 Å². The highest BCUT2D eigenvalue weighted by Crippen LogP contribution is 2.31. The quantitative estimate of drug-likeness (QED) is 0.199. The van der Waals surface area contributed by atoms with Crippen LogP contribution in [0.3, 0.4) is 0 Å². The van der Waals surface area contributed by atoms with Crippen molar-refractivity contribution in [2.24, 2.45) is 0 Å². The molecule has 0 aliphatic rings. The SMILES string of the molecule is COCCCn1c(SCc2nc(-c3ccc(C(C)C)cc3)no2)nnc1-c1ccccc1Cl. The van der Waals surface area contributed by atoms with Gasteiger partial charge in [0.05, 0.1) is 10.8 Å². The molecule has 2 heterocycles. The first-order valence-corrected chi connectivity index (χ1v) is 12.2. The minimum absolute atomic E-state index is 0.480. The Bertz CT molecular complexity index is 1190. The molecular formula is C24H26ClN5O2S. The van der Waals surface area contributed by atoms with Crippen molar-refractivity contribution < 1.29 is 9.26 Å². The second-order valence-corrected chi connectivity index (χ2v) is 9.21. The number of methoxy groups -OCH3 is 1. The summed E-state index contributed by atoms with van der Waals surface area (Å²) >= 11 is 7.92. The van der Waals surface area contributed by atoms with Gasteiger partial charge in [0.1, 0.15) is 0 Å². The fourth-order valence-corrected chi connectivity index (χ4v) is 4.40. The minimum Gasteiger partial charge on any atom is -0.385 e. The Hall–Kier alpha value is -2.68. The summed E-state index contributed by atoms with van der Waals surface area (Å²) in [7, 11) is 1.69. The molecule has 4 rings (SSSR count). The van der Waals surface area contributed by atoms with E-state index in [-0.39, 0.29) is 0 Å². The monoisotopic (exact) mass is 483 g/mol. The van der Waals surface area contributed by atoms with Gasteiger partial charge in [-0.2, -0.15) is 4.98 Å². The van der Waals surface area contributed by atoms with Gasteiger partial charge in [-0.1, -0.05) is 78.8 Å². The highest BCUT2D eigenvalue weighted by atomic mass is 35.5. The summed E-state index contributed by atoms with van der Waals surface area (Å²) in [5.74, 6) is 2.82. The van der Waals surface area contributed by atoms with Crippen LogP contribution in [0, 0.1) is 0 Å². The van der Waals surface area contributed by atoms with Crippen LogP contribution in [0.1, 0.15) is 37.6 Å². The van der Waals surface area contributed by atoms with Crippen LogP contribution in [0.25, 0.3) is 22.8 Å². The molecule has 33 heavy (non-hydrogen) atoms. The lowest BCUT2D eigenvalue weighted by Crippen LogP contribution is -2.05. The fraction of sp³-hybridized carbons (Fsp3) is 0.333. The van der Waals surface area contributed by atoms with Crippen LogP contribution in [0.2, 0.25) is 5.02 Å². The molecule has 4 aromatic rings. The van der Waals surface area contributed by atoms with Gasteiger partial charge in [0, 0.05) is 31.4 Å². The average Bonchev–Trinajstić information content (AvgIpc) is 3.45. The molecule has 0 N–H and O–H groups in total. The van der Waals surface area contributed by atoms with E-state index >= 15 is 0 Å². The standard InChI is InChI=1S/C24H26ClN5O2S/c1-16(2)17-9-11-18(12-10-17)22-26-21(32-29-22)15-33-24-28-27-23(30(24)13-6-14-31-3)19-7-4-5-8-20(19)25/h4-5,7-12,16H,6,13-15H2,1-3H3. The number of hydrogen-bond donors (Lipinski definition) is 0. The molecule has 9 heteroatoms. The molecule has 0 aliphatic carbocycles. The van der Waals surface area contributed by atoms with Crippen molar-refractivity contribution in [1.29, 1.82) is 0 Å². The van der Waals surface area contributed by atoms with E-state index < -0.39 is 0 Å². The van der Waals surface area contributed by atoms with E-state index in [1.165, 1.54) is 17.3 Å². The van der Waals surface area contributed by atoms with Crippen LogP contribution in [0.15, 0.2) is 58.2 Å². The van der Waals surface area contributed by atoms with Crippen LogP contribution < -0.4 is 0 Å². The smallest absolute Gasteiger partial charge is 0.237 e. The molecule has 172 valence electrons. The zero-order valence-corrected chi connectivity index (χ0v) is 20.4. The highest BCUT2D eigenvalue weighted by Gasteiger charge is 2.18. The summed E-state index contributed by atoms with van der Waals surface area (Å²) in [6.07, 6.45) is 0.830. The third-order valence-electron chi connectivity index (χ3n) is 5.19. The second-order valence-electron chi connectivity index (χ2n) is 7.86. The topological polar surface area (TPSA) is 78.9 Å². The Labute approximate surface area is 202 Å². The van der Waals surface area contributed by atoms with Crippen LogP contribution in [0.5, 0.6) is 0 Å². The van der Waals surface area contributed by atoms with Crippen molar-refractivity contribution in [2.75, 3.05) is 13.7 Å². The van der Waals surface area contributed by atoms with E-state index in [2.05, 4.69) is 50.9 Å². The van der Waals surface area contributed by atoms with Crippen molar-refractivity contribution in [3.8, 4) is 22.8 Å². The van der Waals surface area contributed by atoms with Gasteiger partial charge in [0.2, 0.25) is 11.7 Å². The Morgan fingerprint density at radius 2 is 1.88 bits per heavy atom.